The van der Waals surface area contributed by atoms with Crippen LogP contribution < -0.4 is 5.32 Å². The van der Waals surface area contributed by atoms with Gasteiger partial charge in [0.15, 0.2) is 0 Å². The van der Waals surface area contributed by atoms with Gasteiger partial charge < -0.3 is 5.32 Å². The second-order valence-electron chi connectivity index (χ2n) is 6.46. The van der Waals surface area contributed by atoms with Gasteiger partial charge in [-0.15, -0.1) is 0 Å². The molecular formula is C15H26F3N. The van der Waals surface area contributed by atoms with Crippen LogP contribution in [0.3, 0.4) is 0 Å². The van der Waals surface area contributed by atoms with Crippen LogP contribution in [-0.2, 0) is 0 Å². The molecule has 112 valence electrons. The number of hydrogen-bond acceptors (Lipinski definition) is 1. The van der Waals surface area contributed by atoms with Gasteiger partial charge >= 0.3 is 6.18 Å². The molecule has 2 unspecified atom stereocenters. The van der Waals surface area contributed by atoms with E-state index in [1.807, 2.05) is 0 Å². The van der Waals surface area contributed by atoms with Crippen LogP contribution in [0.25, 0.3) is 0 Å². The molecule has 0 aromatic carbocycles. The Morgan fingerprint density at radius 1 is 0.947 bits per heavy atom. The lowest BCUT2D eigenvalue weighted by Crippen LogP contribution is -2.45. The van der Waals surface area contributed by atoms with Crippen LogP contribution in [0.5, 0.6) is 0 Å². The fraction of sp³-hybridized carbons (Fsp3) is 1.00. The molecule has 2 fully saturated rings. The fourth-order valence-corrected chi connectivity index (χ4v) is 3.78. The van der Waals surface area contributed by atoms with E-state index in [1.54, 1.807) is 0 Å². The highest BCUT2D eigenvalue weighted by atomic mass is 19.4. The molecule has 0 heterocycles. The van der Waals surface area contributed by atoms with Crippen molar-refractivity contribution in [2.24, 2.45) is 11.8 Å². The standard InChI is InChI=1S/C15H26F3N/c1-11(12-6-3-2-4-7-12)19-14-9-5-8-13(10-14)15(16,17)18/h11-14,19H,2-10H2,1H3/t11-,13?,14?/m1/s1. The first-order valence-corrected chi connectivity index (χ1v) is 7.79. The van der Waals surface area contributed by atoms with Gasteiger partial charge in [-0.05, 0) is 44.9 Å². The molecule has 0 bridgehead atoms. The summed E-state index contributed by atoms with van der Waals surface area (Å²) in [7, 11) is 0. The Balaban J connectivity index is 1.81. The zero-order chi connectivity index (χ0) is 13.9. The summed E-state index contributed by atoms with van der Waals surface area (Å²) < 4.78 is 38.3. The van der Waals surface area contributed by atoms with Gasteiger partial charge in [0.2, 0.25) is 0 Å². The highest BCUT2D eigenvalue weighted by Gasteiger charge is 2.42. The SMILES string of the molecule is C[C@@H](NC1CCCC(C(F)(F)F)C1)C1CCCCC1. The molecule has 3 atom stereocenters. The Morgan fingerprint density at radius 3 is 2.26 bits per heavy atom. The third-order valence-electron chi connectivity index (χ3n) is 4.99. The quantitative estimate of drug-likeness (QED) is 0.790. The third kappa shape index (κ3) is 4.37. The van der Waals surface area contributed by atoms with Crippen molar-refractivity contribution in [3.8, 4) is 0 Å². The maximum absolute atomic E-state index is 12.8. The highest BCUT2D eigenvalue weighted by Crippen LogP contribution is 2.38. The van der Waals surface area contributed by atoms with Crippen LogP contribution >= 0.6 is 0 Å². The smallest absolute Gasteiger partial charge is 0.311 e. The second-order valence-corrected chi connectivity index (χ2v) is 6.46. The molecule has 0 radical (unpaired) electrons. The van der Waals surface area contributed by atoms with E-state index >= 15 is 0 Å². The van der Waals surface area contributed by atoms with Crippen LogP contribution in [0.2, 0.25) is 0 Å². The molecule has 0 amide bonds. The molecular weight excluding hydrogens is 251 g/mol. The van der Waals surface area contributed by atoms with E-state index in [-0.39, 0.29) is 12.5 Å². The molecule has 2 aliphatic rings. The first-order chi connectivity index (χ1) is 8.97. The molecule has 1 N–H and O–H groups in total. The highest BCUT2D eigenvalue weighted by molar-refractivity contribution is 4.85. The van der Waals surface area contributed by atoms with Crippen molar-refractivity contribution in [2.45, 2.75) is 83.0 Å². The lowest BCUT2D eigenvalue weighted by molar-refractivity contribution is -0.184. The lowest BCUT2D eigenvalue weighted by Gasteiger charge is -2.36. The van der Waals surface area contributed by atoms with Crippen molar-refractivity contribution in [1.29, 1.82) is 0 Å². The molecule has 2 saturated carbocycles. The summed E-state index contributed by atoms with van der Waals surface area (Å²) in [5.41, 5.74) is 0. The van der Waals surface area contributed by atoms with Crippen LogP contribution in [0, 0.1) is 11.8 Å². The van der Waals surface area contributed by atoms with E-state index in [2.05, 4.69) is 12.2 Å². The minimum absolute atomic E-state index is 0.0669. The minimum atomic E-state index is -4.01. The average Bonchev–Trinajstić information content (AvgIpc) is 2.39. The van der Waals surface area contributed by atoms with Crippen LogP contribution in [0.1, 0.15) is 64.7 Å². The second kappa shape index (κ2) is 6.47. The summed E-state index contributed by atoms with van der Waals surface area (Å²) in [6.07, 6.45) is 4.58. The topological polar surface area (TPSA) is 12.0 Å². The van der Waals surface area contributed by atoms with Crippen LogP contribution in [0.15, 0.2) is 0 Å². The zero-order valence-electron chi connectivity index (χ0n) is 11.8. The summed E-state index contributed by atoms with van der Waals surface area (Å²) in [5.74, 6) is -0.419. The van der Waals surface area contributed by atoms with Gasteiger partial charge in [0.1, 0.15) is 0 Å². The van der Waals surface area contributed by atoms with Gasteiger partial charge in [0.25, 0.3) is 0 Å². The monoisotopic (exact) mass is 277 g/mol. The third-order valence-corrected chi connectivity index (χ3v) is 4.99. The lowest BCUT2D eigenvalue weighted by atomic mass is 9.82. The van der Waals surface area contributed by atoms with Gasteiger partial charge in [-0.25, -0.2) is 0 Å². The van der Waals surface area contributed by atoms with Gasteiger partial charge in [-0.1, -0.05) is 25.7 Å². The van der Waals surface area contributed by atoms with E-state index in [9.17, 15) is 13.2 Å². The van der Waals surface area contributed by atoms with Crippen molar-refractivity contribution < 1.29 is 13.2 Å². The Bertz CT molecular complexity index is 271. The number of nitrogens with one attached hydrogen (secondary N) is 1. The van der Waals surface area contributed by atoms with E-state index in [4.69, 9.17) is 0 Å². The van der Waals surface area contributed by atoms with Crippen molar-refractivity contribution in [2.75, 3.05) is 0 Å². The molecule has 1 nitrogen and oxygen atoms in total. The zero-order valence-corrected chi connectivity index (χ0v) is 11.8. The molecule has 2 rings (SSSR count). The predicted octanol–water partition coefficient (Wildman–Crippen LogP) is 4.67. The van der Waals surface area contributed by atoms with E-state index in [0.717, 1.165) is 6.42 Å². The van der Waals surface area contributed by atoms with Gasteiger partial charge in [-0.2, -0.15) is 13.2 Å². The van der Waals surface area contributed by atoms with Crippen molar-refractivity contribution in [1.82, 2.24) is 5.32 Å². The van der Waals surface area contributed by atoms with Gasteiger partial charge in [-0.3, -0.25) is 0 Å². The molecule has 2 aliphatic carbocycles. The van der Waals surface area contributed by atoms with Crippen LogP contribution in [-0.4, -0.2) is 18.3 Å². The molecule has 0 aromatic rings. The van der Waals surface area contributed by atoms with E-state index < -0.39 is 12.1 Å². The number of alkyl halides is 3. The van der Waals surface area contributed by atoms with Crippen LogP contribution in [0.4, 0.5) is 13.2 Å². The molecule has 19 heavy (non-hydrogen) atoms. The molecule has 0 aliphatic heterocycles. The summed E-state index contributed by atoms with van der Waals surface area (Å²) in [4.78, 5) is 0. The maximum atomic E-state index is 12.8. The van der Waals surface area contributed by atoms with Crippen molar-refractivity contribution in [3.05, 3.63) is 0 Å². The van der Waals surface area contributed by atoms with Crippen molar-refractivity contribution in [3.63, 3.8) is 0 Å². The molecule has 4 heteroatoms. The minimum Gasteiger partial charge on any atom is -0.311 e. The number of rotatable bonds is 3. The number of hydrogen-bond donors (Lipinski definition) is 1. The van der Waals surface area contributed by atoms with Gasteiger partial charge in [0.05, 0.1) is 5.92 Å². The predicted molar refractivity (Wildman–Crippen MR) is 71.0 cm³/mol. The maximum Gasteiger partial charge on any atom is 0.391 e. The summed E-state index contributed by atoms with van der Waals surface area (Å²) >= 11 is 0. The molecule has 0 saturated heterocycles. The molecule has 0 spiro atoms. The summed E-state index contributed by atoms with van der Waals surface area (Å²) in [6, 6.07) is 0.439. The van der Waals surface area contributed by atoms with E-state index in [1.165, 1.54) is 32.1 Å². The normalized spacial score (nSPS) is 32.2. The van der Waals surface area contributed by atoms with Crippen molar-refractivity contribution >= 4 is 0 Å². The average molecular weight is 277 g/mol. The fourth-order valence-electron chi connectivity index (χ4n) is 3.78. The Kier molecular flexibility index (Phi) is 5.15. The first-order valence-electron chi connectivity index (χ1n) is 7.79. The summed E-state index contributed by atoms with van der Waals surface area (Å²) in [6.45, 7) is 2.16. The largest absolute Gasteiger partial charge is 0.391 e. The molecule has 0 aromatic heterocycles. The number of halogens is 3. The van der Waals surface area contributed by atoms with Gasteiger partial charge in [0, 0.05) is 12.1 Å². The Labute approximate surface area is 114 Å². The Morgan fingerprint density at radius 2 is 1.63 bits per heavy atom. The van der Waals surface area contributed by atoms with E-state index in [0.29, 0.717) is 24.8 Å². The first kappa shape index (κ1) is 15.1. The summed E-state index contributed by atoms with van der Waals surface area (Å²) in [5, 5.41) is 3.49. The Hall–Kier alpha value is -0.250.